The number of nitrogens with zero attached hydrogens (tertiary/aromatic N) is 2. The number of amides is 1. The molecule has 2 fully saturated rings. The maximum atomic E-state index is 12.3. The van der Waals surface area contributed by atoms with E-state index in [0.717, 1.165) is 45.3 Å². The lowest BCUT2D eigenvalue weighted by molar-refractivity contribution is -0.132. The van der Waals surface area contributed by atoms with Crippen LogP contribution in [-0.2, 0) is 21.5 Å². The van der Waals surface area contributed by atoms with Gasteiger partial charge in [0.25, 0.3) is 10.2 Å². The van der Waals surface area contributed by atoms with E-state index in [4.69, 9.17) is 0 Å². The molecule has 3 rings (SSSR count). The summed E-state index contributed by atoms with van der Waals surface area (Å²) in [7, 11) is -3.51. The minimum Gasteiger partial charge on any atom is -0.340 e. The molecule has 0 unspecified atom stereocenters. The van der Waals surface area contributed by atoms with Crippen molar-refractivity contribution in [2.45, 2.75) is 44.7 Å². The van der Waals surface area contributed by atoms with Crippen LogP contribution in [-0.4, -0.2) is 62.9 Å². The molecule has 0 bridgehead atoms. The van der Waals surface area contributed by atoms with Crippen LogP contribution in [0.1, 0.15) is 37.7 Å². The highest BCUT2D eigenvalue weighted by Gasteiger charge is 2.23. The molecule has 1 amide bonds. The highest BCUT2D eigenvalue weighted by atomic mass is 32.2. The van der Waals surface area contributed by atoms with Crippen molar-refractivity contribution in [1.82, 2.24) is 19.2 Å². The van der Waals surface area contributed by atoms with Crippen molar-refractivity contribution >= 4 is 16.1 Å². The van der Waals surface area contributed by atoms with Crippen LogP contribution < -0.4 is 9.44 Å². The van der Waals surface area contributed by atoms with Gasteiger partial charge in [-0.25, -0.2) is 4.72 Å². The molecule has 1 aliphatic heterocycles. The van der Waals surface area contributed by atoms with Crippen LogP contribution in [0.25, 0.3) is 0 Å². The Balaban J connectivity index is 1.34. The summed E-state index contributed by atoms with van der Waals surface area (Å²) in [4.78, 5) is 16.5. The topological polar surface area (TPSA) is 81.7 Å². The number of piperazine rings is 1. The molecule has 1 aromatic carbocycles. The lowest BCUT2D eigenvalue weighted by Crippen LogP contribution is -2.49. The van der Waals surface area contributed by atoms with E-state index in [9.17, 15) is 13.2 Å². The van der Waals surface area contributed by atoms with Gasteiger partial charge in [0.15, 0.2) is 0 Å². The van der Waals surface area contributed by atoms with Crippen LogP contribution in [0.4, 0.5) is 0 Å². The first-order valence-electron chi connectivity index (χ1n) is 9.83. The zero-order valence-corrected chi connectivity index (χ0v) is 16.6. The van der Waals surface area contributed by atoms with Crippen LogP contribution in [0.15, 0.2) is 30.3 Å². The fourth-order valence-electron chi connectivity index (χ4n) is 3.75. The molecule has 2 aliphatic rings. The first kappa shape index (κ1) is 20.3. The number of nitrogens with one attached hydrogen (secondary N) is 2. The van der Waals surface area contributed by atoms with E-state index in [2.05, 4.69) is 26.5 Å². The molecule has 27 heavy (non-hydrogen) atoms. The van der Waals surface area contributed by atoms with Crippen molar-refractivity contribution in [3.8, 4) is 0 Å². The van der Waals surface area contributed by atoms with Crippen molar-refractivity contribution < 1.29 is 13.2 Å². The molecule has 0 radical (unpaired) electrons. The van der Waals surface area contributed by atoms with Crippen LogP contribution in [0.5, 0.6) is 0 Å². The third kappa shape index (κ3) is 6.57. The summed E-state index contributed by atoms with van der Waals surface area (Å²) in [6.45, 7) is 4.11. The van der Waals surface area contributed by atoms with Crippen LogP contribution in [0, 0.1) is 0 Å². The van der Waals surface area contributed by atoms with Crippen LogP contribution in [0.3, 0.4) is 0 Å². The van der Waals surface area contributed by atoms with E-state index in [1.807, 2.05) is 23.1 Å². The molecular weight excluding hydrogens is 364 g/mol. The summed E-state index contributed by atoms with van der Waals surface area (Å²) in [5.41, 5.74) is 1.28. The number of benzene rings is 1. The van der Waals surface area contributed by atoms with Gasteiger partial charge in [0, 0.05) is 51.7 Å². The molecular formula is C19H30N4O3S. The van der Waals surface area contributed by atoms with E-state index in [1.165, 1.54) is 5.56 Å². The van der Waals surface area contributed by atoms with E-state index in [1.54, 1.807) is 0 Å². The normalized spacial score (nSPS) is 19.5. The van der Waals surface area contributed by atoms with Crippen molar-refractivity contribution in [1.29, 1.82) is 0 Å². The van der Waals surface area contributed by atoms with Gasteiger partial charge in [-0.2, -0.15) is 13.1 Å². The lowest BCUT2D eigenvalue weighted by atomic mass is 10.2. The Kier molecular flexibility index (Phi) is 7.23. The van der Waals surface area contributed by atoms with Gasteiger partial charge in [-0.15, -0.1) is 0 Å². The maximum absolute atomic E-state index is 12.3. The van der Waals surface area contributed by atoms with Gasteiger partial charge < -0.3 is 4.90 Å². The Labute approximate surface area is 162 Å². The predicted molar refractivity (Wildman–Crippen MR) is 105 cm³/mol. The summed E-state index contributed by atoms with van der Waals surface area (Å²) < 4.78 is 29.2. The monoisotopic (exact) mass is 394 g/mol. The zero-order valence-electron chi connectivity index (χ0n) is 15.8. The standard InChI is InChI=1S/C19H30N4O3S/c24-19(10-11-20-27(25,26)21-18-8-4-5-9-18)23-14-12-22(13-15-23)16-17-6-2-1-3-7-17/h1-3,6-7,18,20-21H,4-5,8-16H2. The Morgan fingerprint density at radius 1 is 1.04 bits per heavy atom. The molecule has 8 heteroatoms. The highest BCUT2D eigenvalue weighted by Crippen LogP contribution is 2.18. The third-order valence-electron chi connectivity index (χ3n) is 5.28. The van der Waals surface area contributed by atoms with Gasteiger partial charge in [-0.3, -0.25) is 9.69 Å². The first-order valence-corrected chi connectivity index (χ1v) is 11.3. The van der Waals surface area contributed by atoms with E-state index in [-0.39, 0.29) is 24.9 Å². The minimum atomic E-state index is -3.51. The van der Waals surface area contributed by atoms with E-state index in [0.29, 0.717) is 13.1 Å². The molecule has 2 N–H and O–H groups in total. The Morgan fingerprint density at radius 2 is 1.70 bits per heavy atom. The highest BCUT2D eigenvalue weighted by molar-refractivity contribution is 7.87. The van der Waals surface area contributed by atoms with Gasteiger partial charge >= 0.3 is 0 Å². The molecule has 1 aromatic rings. The summed E-state index contributed by atoms with van der Waals surface area (Å²) in [6, 6.07) is 10.4. The molecule has 1 aliphatic carbocycles. The molecule has 1 saturated carbocycles. The number of rotatable bonds is 8. The second-order valence-electron chi connectivity index (χ2n) is 7.39. The first-order chi connectivity index (χ1) is 13.0. The Hall–Kier alpha value is -1.48. The summed E-state index contributed by atoms with van der Waals surface area (Å²) in [5, 5.41) is 0. The van der Waals surface area contributed by atoms with Gasteiger partial charge in [0.1, 0.15) is 0 Å². The smallest absolute Gasteiger partial charge is 0.277 e. The fourth-order valence-corrected chi connectivity index (χ4v) is 4.88. The van der Waals surface area contributed by atoms with Gasteiger partial charge in [0.05, 0.1) is 0 Å². The summed E-state index contributed by atoms with van der Waals surface area (Å²) in [6.07, 6.45) is 4.13. The average Bonchev–Trinajstić information content (AvgIpc) is 3.15. The number of hydrogen-bond acceptors (Lipinski definition) is 4. The molecule has 1 saturated heterocycles. The molecule has 1 heterocycles. The molecule has 0 spiro atoms. The minimum absolute atomic E-state index is 0.0120. The van der Waals surface area contributed by atoms with Gasteiger partial charge in [-0.1, -0.05) is 43.2 Å². The van der Waals surface area contributed by atoms with Gasteiger partial charge in [-0.05, 0) is 18.4 Å². The van der Waals surface area contributed by atoms with Gasteiger partial charge in [0.2, 0.25) is 5.91 Å². The Morgan fingerprint density at radius 3 is 2.37 bits per heavy atom. The fraction of sp³-hybridized carbons (Fsp3) is 0.632. The molecule has 0 aromatic heterocycles. The van der Waals surface area contributed by atoms with Crippen molar-refractivity contribution in [2.75, 3.05) is 32.7 Å². The number of hydrogen-bond donors (Lipinski definition) is 2. The molecule has 0 atom stereocenters. The zero-order chi connectivity index (χ0) is 19.1. The average molecular weight is 395 g/mol. The van der Waals surface area contributed by atoms with Crippen molar-refractivity contribution in [3.05, 3.63) is 35.9 Å². The maximum Gasteiger partial charge on any atom is 0.277 e. The van der Waals surface area contributed by atoms with Crippen molar-refractivity contribution in [2.24, 2.45) is 0 Å². The van der Waals surface area contributed by atoms with E-state index >= 15 is 0 Å². The third-order valence-corrected chi connectivity index (χ3v) is 6.51. The quantitative estimate of drug-likeness (QED) is 0.692. The summed E-state index contributed by atoms with van der Waals surface area (Å²) >= 11 is 0. The van der Waals surface area contributed by atoms with E-state index < -0.39 is 10.2 Å². The molecule has 7 nitrogen and oxygen atoms in total. The van der Waals surface area contributed by atoms with Crippen LogP contribution >= 0.6 is 0 Å². The lowest BCUT2D eigenvalue weighted by Gasteiger charge is -2.34. The summed E-state index contributed by atoms with van der Waals surface area (Å²) in [5.74, 6) is 0.0120. The number of carbonyl (C=O) groups is 1. The Bertz CT molecular complexity index is 697. The SMILES string of the molecule is O=C(CCNS(=O)(=O)NC1CCCC1)N1CCN(Cc2ccccc2)CC1. The number of carbonyl (C=O) groups excluding carboxylic acids is 1. The predicted octanol–water partition coefficient (Wildman–Crippen LogP) is 1.09. The largest absolute Gasteiger partial charge is 0.340 e. The molecule has 150 valence electrons. The second kappa shape index (κ2) is 9.64. The second-order valence-corrected chi connectivity index (χ2v) is 8.92. The van der Waals surface area contributed by atoms with Crippen LogP contribution in [0.2, 0.25) is 0 Å². The van der Waals surface area contributed by atoms with Crippen molar-refractivity contribution in [3.63, 3.8) is 0 Å².